The molecule has 0 radical (unpaired) electrons. The number of carbonyl (C=O) groups is 2. The van der Waals surface area contributed by atoms with Crippen LogP contribution in [0.4, 0.5) is 0 Å². The summed E-state index contributed by atoms with van der Waals surface area (Å²) in [5.74, 6) is -2.89. The normalized spacial score (nSPS) is 22.8. The second-order valence-electron chi connectivity index (χ2n) is 3.10. The van der Waals surface area contributed by atoms with Crippen molar-refractivity contribution < 1.29 is 23.1 Å². The number of nitrogens with one attached hydrogen (secondary N) is 1. The Morgan fingerprint density at radius 1 is 1.38 bits per heavy atom. The third kappa shape index (κ3) is 1.80. The summed E-state index contributed by atoms with van der Waals surface area (Å²) in [6, 6.07) is 0. The smallest absolute Gasteiger partial charge is 0.331 e. The van der Waals surface area contributed by atoms with Crippen molar-refractivity contribution in [3.8, 4) is 0 Å². The lowest BCUT2D eigenvalue weighted by atomic mass is 10.0. The zero-order chi connectivity index (χ0) is 10.3. The monoisotopic (exact) mass is 207 g/mol. The van der Waals surface area contributed by atoms with Gasteiger partial charge in [0, 0.05) is 6.92 Å². The van der Waals surface area contributed by atoms with Crippen molar-refractivity contribution in [1.29, 1.82) is 0 Å². The van der Waals surface area contributed by atoms with E-state index in [4.69, 9.17) is 5.11 Å². The van der Waals surface area contributed by atoms with Crippen LogP contribution in [0.15, 0.2) is 0 Å². The van der Waals surface area contributed by atoms with Crippen molar-refractivity contribution in [3.63, 3.8) is 0 Å². The molecule has 0 aromatic rings. The van der Waals surface area contributed by atoms with Crippen molar-refractivity contribution in [2.24, 2.45) is 0 Å². The van der Waals surface area contributed by atoms with E-state index in [-0.39, 0.29) is 0 Å². The van der Waals surface area contributed by atoms with Gasteiger partial charge in [-0.1, -0.05) is 0 Å². The molecule has 13 heavy (non-hydrogen) atoms. The molecule has 2 N–H and O–H groups in total. The maximum atomic E-state index is 10.8. The number of sulfone groups is 1. The first kappa shape index (κ1) is 9.97. The van der Waals surface area contributed by atoms with Crippen molar-refractivity contribution in [2.75, 3.05) is 11.5 Å². The van der Waals surface area contributed by atoms with E-state index in [0.717, 1.165) is 6.92 Å². The molecule has 0 bridgehead atoms. The number of carboxylic acid groups (broad SMARTS) is 1. The Morgan fingerprint density at radius 2 is 1.85 bits per heavy atom. The van der Waals surface area contributed by atoms with Gasteiger partial charge in [-0.15, -0.1) is 0 Å². The highest BCUT2D eigenvalue weighted by Crippen LogP contribution is 2.23. The molecule has 0 aromatic heterocycles. The van der Waals surface area contributed by atoms with Crippen LogP contribution >= 0.6 is 0 Å². The summed E-state index contributed by atoms with van der Waals surface area (Å²) in [4.78, 5) is 21.2. The van der Waals surface area contributed by atoms with Crippen molar-refractivity contribution in [3.05, 3.63) is 0 Å². The second-order valence-corrected chi connectivity index (χ2v) is 5.17. The minimum atomic E-state index is -3.28. The molecule has 1 amide bonds. The molecule has 0 atom stereocenters. The molecule has 0 aliphatic carbocycles. The first-order valence-electron chi connectivity index (χ1n) is 3.50. The first-order valence-corrected chi connectivity index (χ1v) is 5.32. The van der Waals surface area contributed by atoms with Crippen molar-refractivity contribution >= 4 is 21.7 Å². The summed E-state index contributed by atoms with van der Waals surface area (Å²) in [5.41, 5.74) is -1.59. The lowest BCUT2D eigenvalue weighted by Gasteiger charge is -2.37. The summed E-state index contributed by atoms with van der Waals surface area (Å²) < 4.78 is 21.5. The van der Waals surface area contributed by atoms with Gasteiger partial charge >= 0.3 is 5.97 Å². The molecular weight excluding hydrogens is 198 g/mol. The molecule has 74 valence electrons. The quantitative estimate of drug-likeness (QED) is 0.566. The van der Waals surface area contributed by atoms with Gasteiger partial charge in [0.2, 0.25) is 5.91 Å². The number of amides is 1. The summed E-state index contributed by atoms with van der Waals surface area (Å²) >= 11 is 0. The standard InChI is InChI=1S/C6H9NO5S/c1-4(8)7-6(5(9)10)2-13(11,12)3-6/h2-3H2,1H3,(H,7,8)(H,9,10). The number of carboxylic acids is 1. The van der Waals surface area contributed by atoms with Crippen LogP contribution < -0.4 is 5.32 Å². The lowest BCUT2D eigenvalue weighted by molar-refractivity contribution is -0.146. The minimum absolute atomic E-state index is 0.519. The van der Waals surface area contributed by atoms with Gasteiger partial charge in [-0.3, -0.25) is 4.79 Å². The fraction of sp³-hybridized carbons (Fsp3) is 0.667. The number of hydrogen-bond acceptors (Lipinski definition) is 4. The Kier molecular flexibility index (Phi) is 2.07. The van der Waals surface area contributed by atoms with Crippen LogP contribution in [0.1, 0.15) is 6.92 Å². The Balaban J connectivity index is 2.83. The molecular formula is C6H9NO5S. The van der Waals surface area contributed by atoms with Crippen LogP contribution in [0.5, 0.6) is 0 Å². The number of hydrogen-bond donors (Lipinski definition) is 2. The van der Waals surface area contributed by atoms with Crippen LogP contribution in [0.25, 0.3) is 0 Å². The maximum absolute atomic E-state index is 10.8. The number of aliphatic carboxylic acids is 1. The van der Waals surface area contributed by atoms with E-state index in [9.17, 15) is 18.0 Å². The predicted octanol–water partition coefficient (Wildman–Crippen LogP) is -1.63. The van der Waals surface area contributed by atoms with E-state index in [2.05, 4.69) is 5.32 Å². The SMILES string of the molecule is CC(=O)NC1(C(=O)O)CS(=O)(=O)C1. The van der Waals surface area contributed by atoms with Gasteiger partial charge < -0.3 is 10.4 Å². The molecule has 1 aliphatic rings. The van der Waals surface area contributed by atoms with E-state index in [0.29, 0.717) is 0 Å². The Labute approximate surface area is 74.9 Å². The summed E-state index contributed by atoms with van der Waals surface area (Å²) in [7, 11) is -3.28. The van der Waals surface area contributed by atoms with Gasteiger partial charge in [0.25, 0.3) is 0 Å². The fourth-order valence-corrected chi connectivity index (χ4v) is 3.10. The molecule has 1 heterocycles. The van der Waals surface area contributed by atoms with Gasteiger partial charge in [-0.05, 0) is 0 Å². The van der Waals surface area contributed by atoms with Gasteiger partial charge in [-0.25, -0.2) is 13.2 Å². The van der Waals surface area contributed by atoms with Crippen molar-refractivity contribution in [1.82, 2.24) is 5.32 Å². The molecule has 7 heteroatoms. The van der Waals surface area contributed by atoms with Gasteiger partial charge in [0.1, 0.15) is 0 Å². The summed E-state index contributed by atoms with van der Waals surface area (Å²) in [5, 5.41) is 10.8. The zero-order valence-corrected chi connectivity index (χ0v) is 7.72. The fourth-order valence-electron chi connectivity index (χ4n) is 1.29. The highest BCUT2D eigenvalue weighted by molar-refractivity contribution is 7.93. The molecule has 0 unspecified atom stereocenters. The zero-order valence-electron chi connectivity index (χ0n) is 6.90. The van der Waals surface area contributed by atoms with E-state index < -0.39 is 38.8 Å². The Bertz CT molecular complexity index is 345. The number of carbonyl (C=O) groups excluding carboxylic acids is 1. The topological polar surface area (TPSA) is 101 Å². The largest absolute Gasteiger partial charge is 0.479 e. The molecule has 1 rings (SSSR count). The maximum Gasteiger partial charge on any atom is 0.331 e. The highest BCUT2D eigenvalue weighted by Gasteiger charge is 2.55. The van der Waals surface area contributed by atoms with Crippen LogP contribution in [0, 0.1) is 0 Å². The average Bonchev–Trinajstić information content (AvgIpc) is 1.80. The molecule has 0 spiro atoms. The van der Waals surface area contributed by atoms with E-state index in [1.807, 2.05) is 0 Å². The minimum Gasteiger partial charge on any atom is -0.479 e. The van der Waals surface area contributed by atoms with Crippen LogP contribution in [-0.4, -0.2) is 42.4 Å². The van der Waals surface area contributed by atoms with E-state index in [1.54, 1.807) is 0 Å². The molecule has 6 nitrogen and oxygen atoms in total. The second kappa shape index (κ2) is 2.69. The van der Waals surface area contributed by atoms with Gasteiger partial charge in [-0.2, -0.15) is 0 Å². The predicted molar refractivity (Wildman–Crippen MR) is 42.8 cm³/mol. The molecule has 0 aromatic carbocycles. The molecule has 1 saturated heterocycles. The Morgan fingerprint density at radius 3 is 2.08 bits per heavy atom. The van der Waals surface area contributed by atoms with Crippen LogP contribution in [0.2, 0.25) is 0 Å². The van der Waals surface area contributed by atoms with Crippen molar-refractivity contribution in [2.45, 2.75) is 12.5 Å². The number of rotatable bonds is 2. The van der Waals surface area contributed by atoms with Gasteiger partial charge in [0.05, 0.1) is 11.5 Å². The Hall–Kier alpha value is -1.11. The van der Waals surface area contributed by atoms with E-state index >= 15 is 0 Å². The third-order valence-electron chi connectivity index (χ3n) is 1.76. The first-order chi connectivity index (χ1) is 5.77. The molecule has 1 fully saturated rings. The van der Waals surface area contributed by atoms with Crippen LogP contribution in [0.3, 0.4) is 0 Å². The lowest BCUT2D eigenvalue weighted by Crippen LogP contribution is -2.69. The molecule has 0 saturated carbocycles. The summed E-state index contributed by atoms with van der Waals surface area (Å²) in [6.07, 6.45) is 0. The highest BCUT2D eigenvalue weighted by atomic mass is 32.2. The average molecular weight is 207 g/mol. The molecule has 1 aliphatic heterocycles. The van der Waals surface area contributed by atoms with Crippen LogP contribution in [-0.2, 0) is 19.4 Å². The van der Waals surface area contributed by atoms with E-state index in [1.165, 1.54) is 0 Å². The third-order valence-corrected chi connectivity index (χ3v) is 3.62. The summed E-state index contributed by atoms with van der Waals surface area (Å²) in [6.45, 7) is 1.15. The van der Waals surface area contributed by atoms with Gasteiger partial charge in [0.15, 0.2) is 15.4 Å².